The first kappa shape index (κ1) is 33.5. The van der Waals surface area contributed by atoms with Crippen LogP contribution in [0.4, 0.5) is 0 Å². The summed E-state index contributed by atoms with van der Waals surface area (Å²) in [7, 11) is 9.78. The number of nitrogens with zero attached hydrogens (tertiary/aromatic N) is 3. The molecule has 0 saturated carbocycles. The van der Waals surface area contributed by atoms with Gasteiger partial charge in [0.05, 0.1) is 19.3 Å². The fourth-order valence-corrected chi connectivity index (χ4v) is 1.11. The standard InChI is InChI=1S/3C6H11NO2.Fe/c3*1-5(8)4-6(9)7(2)3;/h3*4H2,1-3H3;/q;;;+3. The van der Waals surface area contributed by atoms with Gasteiger partial charge in [0.15, 0.2) is 0 Å². The van der Waals surface area contributed by atoms with E-state index >= 15 is 0 Å². The van der Waals surface area contributed by atoms with E-state index in [1.165, 1.54) is 35.5 Å². The molecule has 10 heteroatoms. The first-order valence-corrected chi connectivity index (χ1v) is 8.20. The molecule has 0 N–H and O–H groups in total. The van der Waals surface area contributed by atoms with Crippen LogP contribution in [0.3, 0.4) is 0 Å². The Balaban J connectivity index is -0.000000152. The molecule has 0 aliphatic heterocycles. The van der Waals surface area contributed by atoms with Crippen LogP contribution in [0.1, 0.15) is 40.0 Å². The Labute approximate surface area is 178 Å². The van der Waals surface area contributed by atoms with Crippen molar-refractivity contribution in [3.63, 3.8) is 0 Å². The number of Topliss-reactive ketones (excluding diaryl/α,β-unsaturated/α-hetero) is 3. The van der Waals surface area contributed by atoms with Crippen molar-refractivity contribution in [1.29, 1.82) is 0 Å². The average Bonchev–Trinajstić information content (AvgIpc) is 2.46. The summed E-state index contributed by atoms with van der Waals surface area (Å²) in [4.78, 5) is 67.1. The van der Waals surface area contributed by atoms with Crippen LogP contribution in [0.5, 0.6) is 0 Å². The Morgan fingerprint density at radius 3 is 0.643 bits per heavy atom. The van der Waals surface area contributed by atoms with Gasteiger partial charge in [0.25, 0.3) is 0 Å². The fraction of sp³-hybridized carbons (Fsp3) is 0.667. The molecule has 3 amide bonds. The van der Waals surface area contributed by atoms with Gasteiger partial charge in [0.2, 0.25) is 17.7 Å². The second-order valence-electron chi connectivity index (χ2n) is 6.50. The van der Waals surface area contributed by atoms with Gasteiger partial charge >= 0.3 is 17.1 Å². The Bertz CT molecular complexity index is 469. The van der Waals surface area contributed by atoms with Crippen molar-refractivity contribution in [2.24, 2.45) is 0 Å². The zero-order valence-corrected chi connectivity index (χ0v) is 19.4. The third-order valence-corrected chi connectivity index (χ3v) is 2.70. The van der Waals surface area contributed by atoms with Gasteiger partial charge in [-0.3, -0.25) is 28.8 Å². The minimum atomic E-state index is -0.137. The van der Waals surface area contributed by atoms with E-state index in [1.807, 2.05) is 0 Å². The summed E-state index contributed by atoms with van der Waals surface area (Å²) in [5, 5.41) is 0. The molecule has 9 nitrogen and oxygen atoms in total. The summed E-state index contributed by atoms with van der Waals surface area (Å²) in [5.41, 5.74) is 0. The minimum absolute atomic E-state index is 0. The molecule has 0 fully saturated rings. The van der Waals surface area contributed by atoms with Crippen molar-refractivity contribution in [3.05, 3.63) is 0 Å². The largest absolute Gasteiger partial charge is 3.00 e. The van der Waals surface area contributed by atoms with Crippen molar-refractivity contribution in [2.45, 2.75) is 40.0 Å². The van der Waals surface area contributed by atoms with Gasteiger partial charge in [-0.1, -0.05) is 0 Å². The number of hydrogen-bond acceptors (Lipinski definition) is 6. The number of rotatable bonds is 6. The molecule has 0 aromatic rings. The molecular weight excluding hydrogens is 410 g/mol. The first-order valence-electron chi connectivity index (χ1n) is 8.20. The summed E-state index contributed by atoms with van der Waals surface area (Å²) >= 11 is 0. The predicted octanol–water partition coefficient (Wildman–Crippen LogP) is 0.159. The quantitative estimate of drug-likeness (QED) is 0.427. The van der Waals surface area contributed by atoms with Crippen LogP contribution < -0.4 is 0 Å². The molecule has 0 aromatic carbocycles. The molecule has 0 unspecified atom stereocenters. The normalized spacial score (nSPS) is 8.46. The van der Waals surface area contributed by atoms with Crippen LogP contribution in [-0.2, 0) is 45.8 Å². The second-order valence-corrected chi connectivity index (χ2v) is 6.50. The van der Waals surface area contributed by atoms with Gasteiger partial charge in [-0.2, -0.15) is 0 Å². The van der Waals surface area contributed by atoms with E-state index in [-0.39, 0.29) is 71.4 Å². The van der Waals surface area contributed by atoms with Crippen molar-refractivity contribution < 1.29 is 45.8 Å². The van der Waals surface area contributed by atoms with Gasteiger partial charge in [-0.25, -0.2) is 0 Å². The minimum Gasteiger partial charge on any atom is -0.348 e. The molecule has 0 rings (SSSR count). The third-order valence-electron chi connectivity index (χ3n) is 2.70. The Hall–Kier alpha value is -2.06. The van der Waals surface area contributed by atoms with Gasteiger partial charge in [-0.05, 0) is 20.8 Å². The number of hydrogen-bond donors (Lipinski definition) is 0. The molecule has 0 aliphatic rings. The van der Waals surface area contributed by atoms with Crippen LogP contribution in [0.2, 0.25) is 0 Å². The van der Waals surface area contributed by atoms with E-state index in [9.17, 15) is 28.8 Å². The topological polar surface area (TPSA) is 112 Å². The summed E-state index contributed by atoms with van der Waals surface area (Å²) in [6.45, 7) is 4.21. The first-order chi connectivity index (χ1) is 12.1. The molecule has 28 heavy (non-hydrogen) atoms. The van der Waals surface area contributed by atoms with E-state index in [0.29, 0.717) is 0 Å². The third kappa shape index (κ3) is 26.2. The number of ketones is 3. The zero-order valence-electron chi connectivity index (χ0n) is 18.3. The van der Waals surface area contributed by atoms with Gasteiger partial charge in [0, 0.05) is 42.3 Å². The SMILES string of the molecule is CC(=O)CC(=O)N(C)C.CC(=O)CC(=O)N(C)C.CC(=O)CC(=O)N(C)C.[Fe+3]. The van der Waals surface area contributed by atoms with E-state index < -0.39 is 0 Å². The Morgan fingerprint density at radius 1 is 0.464 bits per heavy atom. The maximum atomic E-state index is 10.7. The van der Waals surface area contributed by atoms with Crippen molar-refractivity contribution in [1.82, 2.24) is 14.7 Å². The molecule has 161 valence electrons. The van der Waals surface area contributed by atoms with Crippen LogP contribution >= 0.6 is 0 Å². The average molecular weight is 443 g/mol. The number of carbonyl (C=O) groups excluding carboxylic acids is 6. The summed E-state index contributed by atoms with van der Waals surface area (Å²) in [6, 6.07) is 0. The number of carbonyl (C=O) groups is 6. The smallest absolute Gasteiger partial charge is 0.348 e. The summed E-state index contributed by atoms with van der Waals surface area (Å²) in [6.07, 6.45) is 0.0625. The Kier molecular flexibility index (Phi) is 21.9. The van der Waals surface area contributed by atoms with Crippen LogP contribution in [-0.4, -0.2) is 92.1 Å². The molecule has 0 atom stereocenters. The van der Waals surface area contributed by atoms with Crippen molar-refractivity contribution in [3.8, 4) is 0 Å². The van der Waals surface area contributed by atoms with Crippen LogP contribution in [0.25, 0.3) is 0 Å². The van der Waals surface area contributed by atoms with Crippen molar-refractivity contribution >= 4 is 35.1 Å². The van der Waals surface area contributed by atoms with E-state index in [1.54, 1.807) is 42.3 Å². The maximum absolute atomic E-state index is 10.7. The molecule has 0 saturated heterocycles. The summed E-state index contributed by atoms with van der Waals surface area (Å²) < 4.78 is 0. The summed E-state index contributed by atoms with van der Waals surface area (Å²) in [5.74, 6) is -0.677. The molecule has 1 radical (unpaired) electrons. The van der Waals surface area contributed by atoms with Crippen LogP contribution in [0, 0.1) is 0 Å². The van der Waals surface area contributed by atoms with E-state index in [0.717, 1.165) is 0 Å². The zero-order chi connectivity index (χ0) is 22.3. The van der Waals surface area contributed by atoms with Gasteiger partial charge in [0.1, 0.15) is 17.3 Å². The van der Waals surface area contributed by atoms with E-state index in [4.69, 9.17) is 0 Å². The molecule has 0 bridgehead atoms. The molecule has 0 aromatic heterocycles. The molecule has 0 heterocycles. The monoisotopic (exact) mass is 443 g/mol. The van der Waals surface area contributed by atoms with Crippen LogP contribution in [0.15, 0.2) is 0 Å². The second kappa shape index (κ2) is 18.3. The van der Waals surface area contributed by atoms with E-state index in [2.05, 4.69) is 0 Å². The Morgan fingerprint density at radius 2 is 0.607 bits per heavy atom. The molecular formula is C18H33FeN3O6+3. The maximum Gasteiger partial charge on any atom is 3.00 e. The van der Waals surface area contributed by atoms with Gasteiger partial charge in [-0.15, -0.1) is 0 Å². The molecule has 0 aliphatic carbocycles. The predicted molar refractivity (Wildman–Crippen MR) is 102 cm³/mol. The number of amides is 3. The van der Waals surface area contributed by atoms with Gasteiger partial charge < -0.3 is 14.7 Å². The fourth-order valence-electron chi connectivity index (χ4n) is 1.11. The van der Waals surface area contributed by atoms with Crippen molar-refractivity contribution in [2.75, 3.05) is 42.3 Å². The molecule has 0 spiro atoms.